The number of carbonyl (C=O) groups is 1. The molecule has 0 aliphatic carbocycles. The van der Waals surface area contributed by atoms with Crippen molar-refractivity contribution in [2.45, 2.75) is 6.54 Å². The van der Waals surface area contributed by atoms with Gasteiger partial charge in [0.25, 0.3) is 0 Å². The Balaban J connectivity index is 0.00000112. The van der Waals surface area contributed by atoms with Crippen LogP contribution in [0.3, 0.4) is 0 Å². The quantitative estimate of drug-likeness (QED) is 0.767. The summed E-state index contributed by atoms with van der Waals surface area (Å²) in [7, 11) is 0. The van der Waals surface area contributed by atoms with E-state index in [-0.39, 0.29) is 30.4 Å². The number of carboxylic acids is 1. The molecule has 0 saturated carbocycles. The number of nitrogens with two attached hydrogens (primary N) is 1. The number of halogens is 2. The monoisotopic (exact) mass is 263 g/mol. The highest BCUT2D eigenvalue weighted by molar-refractivity contribution is 5.91. The topological polar surface area (TPSA) is 92.0 Å². The molecule has 2 aromatic heterocycles. The average molecular weight is 264 g/mol. The van der Waals surface area contributed by atoms with Gasteiger partial charge in [-0.05, 0) is 12.1 Å². The van der Waals surface area contributed by atoms with Crippen molar-refractivity contribution in [2.75, 3.05) is 0 Å². The summed E-state index contributed by atoms with van der Waals surface area (Å²) in [4.78, 5) is 17.6. The van der Waals surface area contributed by atoms with Gasteiger partial charge < -0.3 is 15.8 Å². The molecule has 88 valence electrons. The summed E-state index contributed by atoms with van der Waals surface area (Å²) >= 11 is 0. The number of hydrogen-bond donors (Lipinski definition) is 3. The summed E-state index contributed by atoms with van der Waals surface area (Å²) in [5.74, 6) is -0.977. The third-order valence-electron chi connectivity index (χ3n) is 1.99. The zero-order valence-corrected chi connectivity index (χ0v) is 9.77. The number of nitrogens with zero attached hydrogens (tertiary/aromatic N) is 1. The molecule has 5 nitrogen and oxygen atoms in total. The number of H-pyrrole nitrogens is 1. The van der Waals surface area contributed by atoms with Gasteiger partial charge in [0.05, 0.1) is 5.56 Å². The summed E-state index contributed by atoms with van der Waals surface area (Å²) in [5, 5.41) is 9.50. The van der Waals surface area contributed by atoms with Crippen LogP contribution >= 0.6 is 24.8 Å². The highest BCUT2D eigenvalue weighted by Gasteiger charge is 2.06. The molecule has 0 unspecified atom stereocenters. The van der Waals surface area contributed by atoms with Crippen molar-refractivity contribution in [1.29, 1.82) is 0 Å². The van der Waals surface area contributed by atoms with Gasteiger partial charge in [-0.2, -0.15) is 0 Å². The number of nitrogens with one attached hydrogen (secondary N) is 1. The molecule has 0 atom stereocenters. The average Bonchev–Trinajstić information content (AvgIpc) is 2.58. The smallest absolute Gasteiger partial charge is 0.337 e. The summed E-state index contributed by atoms with van der Waals surface area (Å²) in [6, 6.07) is 3.37. The molecule has 7 heteroatoms. The molecule has 0 fully saturated rings. The van der Waals surface area contributed by atoms with E-state index >= 15 is 0 Å². The predicted molar refractivity (Wildman–Crippen MR) is 65.4 cm³/mol. The number of aromatic amines is 1. The number of carboxylic acid groups (broad SMARTS) is 1. The molecular formula is C9H11Cl2N3O2. The van der Waals surface area contributed by atoms with Gasteiger partial charge in [0, 0.05) is 23.8 Å². The fourth-order valence-electron chi connectivity index (χ4n) is 1.30. The van der Waals surface area contributed by atoms with Crippen molar-refractivity contribution in [3.05, 3.63) is 29.6 Å². The molecule has 0 aliphatic heterocycles. The summed E-state index contributed by atoms with van der Waals surface area (Å²) in [6.07, 6.45) is 1.32. The van der Waals surface area contributed by atoms with Crippen molar-refractivity contribution >= 4 is 41.8 Å². The highest BCUT2D eigenvalue weighted by atomic mass is 35.5. The zero-order chi connectivity index (χ0) is 10.1. The van der Waals surface area contributed by atoms with Crippen LogP contribution < -0.4 is 5.73 Å². The molecular weight excluding hydrogens is 253 g/mol. The van der Waals surface area contributed by atoms with E-state index in [0.717, 1.165) is 11.1 Å². The minimum absolute atomic E-state index is 0. The van der Waals surface area contributed by atoms with Crippen LogP contribution in [0.15, 0.2) is 18.3 Å². The molecule has 0 spiro atoms. The minimum atomic E-state index is -0.977. The van der Waals surface area contributed by atoms with E-state index in [4.69, 9.17) is 10.8 Å². The second kappa shape index (κ2) is 5.69. The van der Waals surface area contributed by atoms with Crippen LogP contribution in [0.4, 0.5) is 0 Å². The van der Waals surface area contributed by atoms with Gasteiger partial charge in [-0.25, -0.2) is 9.78 Å². The van der Waals surface area contributed by atoms with Crippen molar-refractivity contribution in [2.24, 2.45) is 5.73 Å². The number of aromatic carboxylic acids is 1. The zero-order valence-electron chi connectivity index (χ0n) is 8.14. The lowest BCUT2D eigenvalue weighted by Gasteiger charge is -1.92. The number of aromatic nitrogens is 2. The lowest BCUT2D eigenvalue weighted by molar-refractivity contribution is 0.0696. The lowest BCUT2D eigenvalue weighted by Crippen LogP contribution is -1.96. The fraction of sp³-hybridized carbons (Fsp3) is 0.111. The maximum Gasteiger partial charge on any atom is 0.337 e. The van der Waals surface area contributed by atoms with Gasteiger partial charge in [0.2, 0.25) is 0 Å². The van der Waals surface area contributed by atoms with E-state index in [2.05, 4.69) is 9.97 Å². The Kier molecular flexibility index (Phi) is 5.23. The maximum absolute atomic E-state index is 10.6. The van der Waals surface area contributed by atoms with E-state index < -0.39 is 5.97 Å². The van der Waals surface area contributed by atoms with Crippen LogP contribution in [0.5, 0.6) is 0 Å². The van der Waals surface area contributed by atoms with Crippen molar-refractivity contribution in [1.82, 2.24) is 9.97 Å². The molecule has 0 amide bonds. The third kappa shape index (κ3) is 2.63. The Labute approximate surface area is 104 Å². The lowest BCUT2D eigenvalue weighted by atomic mass is 10.2. The molecule has 0 saturated heterocycles. The molecule has 0 aliphatic rings. The third-order valence-corrected chi connectivity index (χ3v) is 1.99. The first-order chi connectivity index (χ1) is 6.70. The Bertz CT molecular complexity index is 498. The van der Waals surface area contributed by atoms with Crippen LogP contribution in [0.1, 0.15) is 16.1 Å². The van der Waals surface area contributed by atoms with Crippen LogP contribution in [0.2, 0.25) is 0 Å². The summed E-state index contributed by atoms with van der Waals surface area (Å²) < 4.78 is 0. The van der Waals surface area contributed by atoms with E-state index in [1.807, 2.05) is 0 Å². The second-order valence-electron chi connectivity index (χ2n) is 2.97. The Morgan fingerprint density at radius 2 is 2.12 bits per heavy atom. The van der Waals surface area contributed by atoms with E-state index in [1.165, 1.54) is 6.20 Å². The Morgan fingerprint density at radius 3 is 2.69 bits per heavy atom. The first-order valence-electron chi connectivity index (χ1n) is 4.11. The van der Waals surface area contributed by atoms with E-state index in [1.54, 1.807) is 12.1 Å². The molecule has 2 aromatic rings. The molecule has 16 heavy (non-hydrogen) atoms. The van der Waals surface area contributed by atoms with Gasteiger partial charge in [-0.15, -0.1) is 24.8 Å². The fourth-order valence-corrected chi connectivity index (χ4v) is 1.30. The van der Waals surface area contributed by atoms with Gasteiger partial charge in [0.1, 0.15) is 5.65 Å². The molecule has 4 N–H and O–H groups in total. The first kappa shape index (κ1) is 14.7. The molecule has 0 aromatic carbocycles. The van der Waals surface area contributed by atoms with Crippen LogP contribution in [-0.4, -0.2) is 21.0 Å². The van der Waals surface area contributed by atoms with Gasteiger partial charge >= 0.3 is 5.97 Å². The minimum Gasteiger partial charge on any atom is -0.478 e. The van der Waals surface area contributed by atoms with E-state index in [9.17, 15) is 4.79 Å². The number of fused-ring (bicyclic) bond motifs is 1. The SMILES string of the molecule is Cl.Cl.NCc1cc2cc(C(=O)O)cnc2[nH]1. The number of rotatable bonds is 2. The van der Waals surface area contributed by atoms with Gasteiger partial charge in [-0.3, -0.25) is 0 Å². The van der Waals surface area contributed by atoms with Gasteiger partial charge in [0.15, 0.2) is 0 Å². The number of pyridine rings is 1. The molecule has 2 rings (SSSR count). The van der Waals surface area contributed by atoms with Gasteiger partial charge in [-0.1, -0.05) is 0 Å². The molecule has 0 bridgehead atoms. The molecule has 0 radical (unpaired) electrons. The Hall–Kier alpha value is -1.30. The van der Waals surface area contributed by atoms with Crippen LogP contribution in [0.25, 0.3) is 11.0 Å². The maximum atomic E-state index is 10.6. The Morgan fingerprint density at radius 1 is 1.44 bits per heavy atom. The van der Waals surface area contributed by atoms with Crippen LogP contribution in [-0.2, 0) is 6.54 Å². The largest absolute Gasteiger partial charge is 0.478 e. The van der Waals surface area contributed by atoms with Crippen molar-refractivity contribution < 1.29 is 9.90 Å². The first-order valence-corrected chi connectivity index (χ1v) is 4.11. The van der Waals surface area contributed by atoms with Crippen LogP contribution in [0, 0.1) is 0 Å². The summed E-state index contributed by atoms with van der Waals surface area (Å²) in [5.41, 5.74) is 7.12. The summed E-state index contributed by atoms with van der Waals surface area (Å²) in [6.45, 7) is 0.388. The number of hydrogen-bond acceptors (Lipinski definition) is 3. The molecule has 2 heterocycles. The highest BCUT2D eigenvalue weighted by Crippen LogP contribution is 2.14. The van der Waals surface area contributed by atoms with Crippen molar-refractivity contribution in [3.63, 3.8) is 0 Å². The standard InChI is InChI=1S/C9H9N3O2.2ClH/c10-3-7-2-5-1-6(9(13)14)4-11-8(5)12-7;;/h1-2,4H,3,10H2,(H,11,12)(H,13,14);2*1H. The second-order valence-corrected chi connectivity index (χ2v) is 2.97. The predicted octanol–water partition coefficient (Wildman–Crippen LogP) is 1.56. The van der Waals surface area contributed by atoms with E-state index in [0.29, 0.717) is 12.2 Å². The van der Waals surface area contributed by atoms with Crippen molar-refractivity contribution in [3.8, 4) is 0 Å². The normalized spacial score (nSPS) is 9.31.